The fourth-order valence-electron chi connectivity index (χ4n) is 2.68. The molecule has 0 radical (unpaired) electrons. The van der Waals surface area contributed by atoms with Crippen LogP contribution in [0.1, 0.15) is 18.1 Å². The minimum atomic E-state index is -0.0332. The Bertz CT molecular complexity index is 850. The lowest BCUT2D eigenvalue weighted by Crippen LogP contribution is -2.24. The molecule has 134 valence electrons. The van der Waals surface area contributed by atoms with E-state index in [2.05, 4.69) is 16.7 Å². The zero-order valence-electron chi connectivity index (χ0n) is 15.6. The van der Waals surface area contributed by atoms with Gasteiger partial charge >= 0.3 is 0 Å². The molecule has 0 bridgehead atoms. The summed E-state index contributed by atoms with van der Waals surface area (Å²) in [6, 6.07) is 15.9. The lowest BCUT2D eigenvalue weighted by molar-refractivity contribution is -0.116. The van der Waals surface area contributed by atoms with Gasteiger partial charge in [0.1, 0.15) is 0 Å². The molecule has 0 unspecified atom stereocenters. The average Bonchev–Trinajstić information content (AvgIpc) is 2.66. The Balaban J connectivity index is 2.30. The Labute approximate surface area is 154 Å². The van der Waals surface area contributed by atoms with Gasteiger partial charge in [0.05, 0.1) is 6.07 Å². The number of allylic oxidation sites excluding steroid dienone is 1. The Morgan fingerprint density at radius 1 is 1.27 bits per heavy atom. The van der Waals surface area contributed by atoms with E-state index >= 15 is 0 Å². The number of benzene rings is 2. The average molecular weight is 348 g/mol. The fraction of sp³-hybridized carbons (Fsp3) is 0.238. The summed E-state index contributed by atoms with van der Waals surface area (Å²) in [7, 11) is 3.60. The lowest BCUT2D eigenvalue weighted by atomic mass is 10.0. The van der Waals surface area contributed by atoms with Crippen LogP contribution in [0.4, 0.5) is 17.1 Å². The number of carbonyl (C=O) groups excluding carboxylic acids is 1. The summed E-state index contributed by atoms with van der Waals surface area (Å²) in [4.78, 5) is 13.4. The maximum Gasteiger partial charge on any atom is 0.223 e. The van der Waals surface area contributed by atoms with E-state index in [1.165, 1.54) is 6.92 Å². The van der Waals surface area contributed by atoms with Crippen molar-refractivity contribution < 1.29 is 4.79 Å². The number of carbonyl (C=O) groups is 1. The molecule has 0 saturated carbocycles. The van der Waals surface area contributed by atoms with E-state index in [1.807, 2.05) is 56.4 Å². The molecule has 5 nitrogen and oxygen atoms in total. The standard InChI is InChI=1S/C21H24N4O/c1-15-20(23-3)11-17(12-21(15)25(4)16(2)26)10-18(13-22)14-24-19-8-6-5-7-9-19/h5-9,11-12,14,23-24H,10H2,1-4H3. The van der Waals surface area contributed by atoms with Crippen LogP contribution < -0.4 is 15.5 Å². The van der Waals surface area contributed by atoms with E-state index in [1.54, 1.807) is 18.1 Å². The Kier molecular flexibility index (Phi) is 6.40. The van der Waals surface area contributed by atoms with Crippen LogP contribution >= 0.6 is 0 Å². The van der Waals surface area contributed by atoms with Gasteiger partial charge in [-0.3, -0.25) is 4.79 Å². The minimum absolute atomic E-state index is 0.0332. The van der Waals surface area contributed by atoms with Gasteiger partial charge < -0.3 is 15.5 Å². The summed E-state index contributed by atoms with van der Waals surface area (Å²) >= 11 is 0. The van der Waals surface area contributed by atoms with Crippen LogP contribution in [0.25, 0.3) is 0 Å². The smallest absolute Gasteiger partial charge is 0.223 e. The van der Waals surface area contributed by atoms with E-state index < -0.39 is 0 Å². The topological polar surface area (TPSA) is 68.2 Å². The zero-order chi connectivity index (χ0) is 19.1. The van der Waals surface area contributed by atoms with Gasteiger partial charge in [0, 0.05) is 56.3 Å². The van der Waals surface area contributed by atoms with Gasteiger partial charge in [-0.15, -0.1) is 0 Å². The summed E-state index contributed by atoms with van der Waals surface area (Å²) in [6.07, 6.45) is 2.20. The van der Waals surface area contributed by atoms with Gasteiger partial charge in [0.15, 0.2) is 0 Å². The van der Waals surface area contributed by atoms with E-state index in [0.717, 1.165) is 28.2 Å². The molecule has 0 atom stereocenters. The highest BCUT2D eigenvalue weighted by molar-refractivity contribution is 5.93. The molecule has 0 aliphatic carbocycles. The molecule has 2 rings (SSSR count). The minimum Gasteiger partial charge on any atom is -0.388 e. The molecule has 5 heteroatoms. The van der Waals surface area contributed by atoms with Crippen molar-refractivity contribution >= 4 is 23.0 Å². The number of hydrogen-bond donors (Lipinski definition) is 2. The molecule has 0 aliphatic rings. The second kappa shape index (κ2) is 8.72. The van der Waals surface area contributed by atoms with Crippen LogP contribution in [0.2, 0.25) is 0 Å². The highest BCUT2D eigenvalue weighted by Crippen LogP contribution is 2.29. The van der Waals surface area contributed by atoms with Crippen LogP contribution in [-0.4, -0.2) is 20.0 Å². The molecule has 2 aromatic rings. The van der Waals surface area contributed by atoms with Gasteiger partial charge in [-0.1, -0.05) is 18.2 Å². The van der Waals surface area contributed by atoms with E-state index in [4.69, 9.17) is 0 Å². The first-order chi connectivity index (χ1) is 12.5. The van der Waals surface area contributed by atoms with Crippen LogP contribution in [-0.2, 0) is 11.2 Å². The zero-order valence-corrected chi connectivity index (χ0v) is 15.6. The molecule has 0 heterocycles. The Hall–Kier alpha value is -3.26. The molecule has 0 spiro atoms. The van der Waals surface area contributed by atoms with E-state index in [-0.39, 0.29) is 5.91 Å². The third-order valence-corrected chi connectivity index (χ3v) is 4.27. The summed E-state index contributed by atoms with van der Waals surface area (Å²) in [5, 5.41) is 15.8. The molecule has 26 heavy (non-hydrogen) atoms. The van der Waals surface area contributed by atoms with Crippen LogP contribution in [0.3, 0.4) is 0 Å². The maximum atomic E-state index is 11.8. The van der Waals surface area contributed by atoms with Crippen molar-refractivity contribution in [2.24, 2.45) is 0 Å². The number of hydrogen-bond acceptors (Lipinski definition) is 4. The van der Waals surface area contributed by atoms with Crippen molar-refractivity contribution in [3.8, 4) is 6.07 Å². The Morgan fingerprint density at radius 2 is 1.96 bits per heavy atom. The lowest BCUT2D eigenvalue weighted by Gasteiger charge is -2.21. The molecule has 0 saturated heterocycles. The maximum absolute atomic E-state index is 11.8. The monoisotopic (exact) mass is 348 g/mol. The number of rotatable bonds is 6. The van der Waals surface area contributed by atoms with Gasteiger partial charge in [0.25, 0.3) is 0 Å². The predicted molar refractivity (Wildman–Crippen MR) is 107 cm³/mol. The van der Waals surface area contributed by atoms with Crippen LogP contribution in [0.15, 0.2) is 54.2 Å². The number of nitrogens with one attached hydrogen (secondary N) is 2. The highest BCUT2D eigenvalue weighted by atomic mass is 16.2. The SMILES string of the molecule is CNc1cc(CC(C#N)=CNc2ccccc2)cc(N(C)C(C)=O)c1C. The number of amides is 1. The highest BCUT2D eigenvalue weighted by Gasteiger charge is 2.14. The number of para-hydroxylation sites is 1. The number of nitrogens with zero attached hydrogens (tertiary/aromatic N) is 2. The predicted octanol–water partition coefficient (Wildman–Crippen LogP) is 4.08. The fourth-order valence-corrected chi connectivity index (χ4v) is 2.68. The number of anilines is 3. The van der Waals surface area contributed by atoms with Crippen LogP contribution in [0.5, 0.6) is 0 Å². The molecule has 0 aliphatic heterocycles. The molecule has 0 fully saturated rings. The largest absolute Gasteiger partial charge is 0.388 e. The van der Waals surface area contributed by atoms with Crippen molar-refractivity contribution in [3.63, 3.8) is 0 Å². The summed E-state index contributed by atoms with van der Waals surface area (Å²) in [5.41, 5.74) is 5.28. The van der Waals surface area contributed by atoms with Crippen LogP contribution in [0, 0.1) is 18.3 Å². The van der Waals surface area contributed by atoms with E-state index in [9.17, 15) is 10.1 Å². The van der Waals surface area contributed by atoms with Gasteiger partial charge in [-0.2, -0.15) is 5.26 Å². The van der Waals surface area contributed by atoms with Gasteiger partial charge in [-0.25, -0.2) is 0 Å². The molecule has 1 amide bonds. The molecular formula is C21H24N4O. The van der Waals surface area contributed by atoms with Gasteiger partial charge in [0.2, 0.25) is 5.91 Å². The summed E-state index contributed by atoms with van der Waals surface area (Å²) in [5.74, 6) is -0.0332. The van der Waals surface area contributed by atoms with Crippen molar-refractivity contribution in [2.45, 2.75) is 20.3 Å². The van der Waals surface area contributed by atoms with Crippen molar-refractivity contribution in [3.05, 3.63) is 65.4 Å². The molecule has 2 aromatic carbocycles. The first-order valence-corrected chi connectivity index (χ1v) is 8.42. The van der Waals surface area contributed by atoms with E-state index in [0.29, 0.717) is 12.0 Å². The van der Waals surface area contributed by atoms with Gasteiger partial charge in [-0.05, 0) is 42.3 Å². The normalized spacial score (nSPS) is 10.8. The second-order valence-corrected chi connectivity index (χ2v) is 6.08. The molecule has 0 aromatic heterocycles. The third kappa shape index (κ3) is 4.64. The third-order valence-electron chi connectivity index (χ3n) is 4.27. The molecular weight excluding hydrogens is 324 g/mol. The summed E-state index contributed by atoms with van der Waals surface area (Å²) in [6.45, 7) is 3.51. The number of nitriles is 1. The Morgan fingerprint density at radius 3 is 2.54 bits per heavy atom. The molecule has 2 N–H and O–H groups in total. The van der Waals surface area contributed by atoms with Crippen molar-refractivity contribution in [2.75, 3.05) is 29.6 Å². The summed E-state index contributed by atoms with van der Waals surface area (Å²) < 4.78 is 0. The first kappa shape index (κ1) is 19.1. The quantitative estimate of drug-likeness (QED) is 0.772. The van der Waals surface area contributed by atoms with Crippen molar-refractivity contribution in [1.82, 2.24) is 0 Å². The van der Waals surface area contributed by atoms with Crippen molar-refractivity contribution in [1.29, 1.82) is 5.26 Å². The second-order valence-electron chi connectivity index (χ2n) is 6.08. The first-order valence-electron chi connectivity index (χ1n) is 8.42.